The first-order valence-corrected chi connectivity index (χ1v) is 10.6. The van der Waals surface area contributed by atoms with Crippen molar-refractivity contribution >= 4 is 33.4 Å². The number of ether oxygens (including phenoxy) is 2. The number of anilines is 2. The van der Waals surface area contributed by atoms with Crippen LogP contribution in [0.25, 0.3) is 0 Å². The molecule has 0 spiro atoms. The van der Waals surface area contributed by atoms with Gasteiger partial charge in [0.1, 0.15) is 0 Å². The second-order valence-electron chi connectivity index (χ2n) is 6.37. The van der Waals surface area contributed by atoms with Crippen molar-refractivity contribution in [1.82, 2.24) is 15.5 Å². The molecular formula is C18H20F3N5O6S. The van der Waals surface area contributed by atoms with Crippen LogP contribution in [0.1, 0.15) is 13.8 Å². The Bertz CT molecular complexity index is 1090. The topological polar surface area (TPSA) is 149 Å². The minimum absolute atomic E-state index is 0.123. The first-order valence-electron chi connectivity index (χ1n) is 9.16. The number of nitrogens with zero attached hydrogens (tertiary/aromatic N) is 2. The van der Waals surface area contributed by atoms with Gasteiger partial charge in [0.25, 0.3) is 10.0 Å². The lowest BCUT2D eigenvalue weighted by molar-refractivity contribution is -0.207. The van der Waals surface area contributed by atoms with E-state index < -0.39 is 33.7 Å². The molecule has 1 heterocycles. The van der Waals surface area contributed by atoms with Gasteiger partial charge in [-0.15, -0.1) is 10.2 Å². The molecule has 1 atom stereocenters. The zero-order valence-corrected chi connectivity index (χ0v) is 18.4. The molecule has 2 rings (SSSR count). The second kappa shape index (κ2) is 9.89. The fourth-order valence-electron chi connectivity index (χ4n) is 2.51. The Kier molecular flexibility index (Phi) is 7.68. The van der Waals surface area contributed by atoms with E-state index in [-0.39, 0.29) is 28.9 Å². The molecule has 1 aromatic carbocycles. The highest BCUT2D eigenvalue weighted by Crippen LogP contribution is 2.33. The zero-order valence-electron chi connectivity index (χ0n) is 17.6. The van der Waals surface area contributed by atoms with Crippen molar-refractivity contribution < 1.29 is 40.7 Å². The van der Waals surface area contributed by atoms with Crippen molar-refractivity contribution in [3.05, 3.63) is 36.4 Å². The number of halogens is 3. The molecule has 0 aliphatic heterocycles. The van der Waals surface area contributed by atoms with Crippen LogP contribution >= 0.6 is 0 Å². The molecule has 15 heteroatoms. The summed E-state index contributed by atoms with van der Waals surface area (Å²) in [5.74, 6) is -2.91. The lowest BCUT2D eigenvalue weighted by Crippen LogP contribution is -2.69. The maximum absolute atomic E-state index is 13.9. The Morgan fingerprint density at radius 1 is 1.06 bits per heavy atom. The van der Waals surface area contributed by atoms with Crippen LogP contribution in [-0.2, 0) is 24.3 Å². The molecule has 0 saturated heterocycles. The Labute approximate surface area is 186 Å². The summed E-state index contributed by atoms with van der Waals surface area (Å²) in [4.78, 5) is 23.3. The third-order valence-corrected chi connectivity index (χ3v) is 5.33. The summed E-state index contributed by atoms with van der Waals surface area (Å²) < 4.78 is 78.1. The molecule has 0 aliphatic carbocycles. The van der Waals surface area contributed by atoms with E-state index in [2.05, 4.69) is 19.7 Å². The molecule has 0 saturated carbocycles. The van der Waals surface area contributed by atoms with Crippen LogP contribution in [0.15, 0.2) is 41.3 Å². The van der Waals surface area contributed by atoms with Gasteiger partial charge in [0.2, 0.25) is 11.8 Å². The first kappa shape index (κ1) is 25.6. The first-order chi connectivity index (χ1) is 15.3. The van der Waals surface area contributed by atoms with Crippen LogP contribution in [0.2, 0.25) is 0 Å². The van der Waals surface area contributed by atoms with Gasteiger partial charge in [-0.1, -0.05) is 0 Å². The number of amides is 1. The highest BCUT2D eigenvalue weighted by molar-refractivity contribution is 7.92. The van der Waals surface area contributed by atoms with Gasteiger partial charge in [0.15, 0.2) is 5.82 Å². The average molecular weight is 491 g/mol. The van der Waals surface area contributed by atoms with Crippen LogP contribution in [-0.4, -0.2) is 56.0 Å². The third-order valence-electron chi connectivity index (χ3n) is 3.95. The fourth-order valence-corrected chi connectivity index (χ4v) is 3.50. The minimum atomic E-state index is -5.30. The van der Waals surface area contributed by atoms with Gasteiger partial charge in [-0.25, -0.2) is 13.2 Å². The minimum Gasteiger partial charge on any atom is -0.480 e. The summed E-state index contributed by atoms with van der Waals surface area (Å²) in [5.41, 5.74) is -3.91. The van der Waals surface area contributed by atoms with Crippen molar-refractivity contribution in [3.63, 3.8) is 0 Å². The number of esters is 1. The molecule has 0 fully saturated rings. The van der Waals surface area contributed by atoms with E-state index in [0.717, 1.165) is 31.2 Å². The molecule has 0 radical (unpaired) electrons. The molecule has 0 aliphatic rings. The van der Waals surface area contributed by atoms with Crippen LogP contribution in [0.3, 0.4) is 0 Å². The number of methoxy groups -OCH3 is 1. The molecule has 3 N–H and O–H groups in total. The van der Waals surface area contributed by atoms with Crippen molar-refractivity contribution in [1.29, 1.82) is 0 Å². The standard InChI is InChI=1S/C18H20F3N5O6S/c1-4-32-16(28)17(18(19,20)21,22-11(2)27)23-12-5-7-13(8-6-12)33(29,30)26-14-9-10-15(31-3)25-24-14/h5-10,23H,4H2,1-3H3,(H,22,27)(H,24,26)/t17-/m1/s1. The number of carbonyl (C=O) groups excluding carboxylic acids is 2. The summed E-state index contributed by atoms with van der Waals surface area (Å²) in [7, 11) is -2.82. The number of carbonyl (C=O) groups is 2. The lowest BCUT2D eigenvalue weighted by atomic mass is 10.1. The van der Waals surface area contributed by atoms with E-state index in [4.69, 9.17) is 4.74 Å². The normalized spacial score (nSPS) is 13.4. The van der Waals surface area contributed by atoms with E-state index in [1.54, 1.807) is 5.32 Å². The summed E-state index contributed by atoms with van der Waals surface area (Å²) >= 11 is 0. The van der Waals surface area contributed by atoms with Gasteiger partial charge in [0, 0.05) is 18.7 Å². The van der Waals surface area contributed by atoms with Gasteiger partial charge < -0.3 is 20.1 Å². The van der Waals surface area contributed by atoms with Crippen molar-refractivity contribution in [3.8, 4) is 5.88 Å². The van der Waals surface area contributed by atoms with Crippen LogP contribution in [0.4, 0.5) is 24.7 Å². The monoisotopic (exact) mass is 491 g/mol. The quantitative estimate of drug-likeness (QED) is 0.352. The maximum Gasteiger partial charge on any atom is 0.441 e. The summed E-state index contributed by atoms with van der Waals surface area (Å²) in [6.45, 7) is 1.71. The molecule has 1 amide bonds. The number of sulfonamides is 1. The summed E-state index contributed by atoms with van der Waals surface area (Å²) in [6.07, 6.45) is -5.30. The van der Waals surface area contributed by atoms with Crippen LogP contribution < -0.4 is 20.1 Å². The Morgan fingerprint density at radius 3 is 2.15 bits per heavy atom. The molecule has 0 bridgehead atoms. The Hall–Kier alpha value is -3.62. The highest BCUT2D eigenvalue weighted by Gasteiger charge is 2.63. The molecule has 180 valence electrons. The largest absolute Gasteiger partial charge is 0.480 e. The van der Waals surface area contributed by atoms with Gasteiger partial charge in [0.05, 0.1) is 18.6 Å². The Balaban J connectivity index is 2.33. The van der Waals surface area contributed by atoms with E-state index in [1.807, 2.05) is 5.32 Å². The van der Waals surface area contributed by atoms with E-state index >= 15 is 0 Å². The lowest BCUT2D eigenvalue weighted by Gasteiger charge is -2.35. The van der Waals surface area contributed by atoms with Crippen LogP contribution in [0.5, 0.6) is 5.88 Å². The number of aromatic nitrogens is 2. The van der Waals surface area contributed by atoms with Crippen molar-refractivity contribution in [2.75, 3.05) is 23.8 Å². The van der Waals surface area contributed by atoms with Gasteiger partial charge in [-0.3, -0.25) is 9.52 Å². The number of nitrogens with one attached hydrogen (secondary N) is 3. The summed E-state index contributed by atoms with van der Waals surface area (Å²) in [6, 6.07) is 6.60. The number of hydrogen-bond acceptors (Lipinski definition) is 9. The Morgan fingerprint density at radius 2 is 1.70 bits per heavy atom. The van der Waals surface area contributed by atoms with Crippen molar-refractivity contribution in [2.45, 2.75) is 30.6 Å². The highest BCUT2D eigenvalue weighted by atomic mass is 32.2. The van der Waals surface area contributed by atoms with Gasteiger partial charge in [-0.05, 0) is 37.3 Å². The molecule has 2 aromatic rings. The molecule has 11 nitrogen and oxygen atoms in total. The third kappa shape index (κ3) is 6.00. The number of benzene rings is 1. The molecule has 33 heavy (non-hydrogen) atoms. The van der Waals surface area contributed by atoms with E-state index in [0.29, 0.717) is 0 Å². The maximum atomic E-state index is 13.9. The number of alkyl halides is 3. The predicted octanol–water partition coefficient (Wildman–Crippen LogP) is 1.66. The van der Waals surface area contributed by atoms with Crippen LogP contribution in [0, 0.1) is 0 Å². The van der Waals surface area contributed by atoms with Gasteiger partial charge in [-0.2, -0.15) is 13.2 Å². The van der Waals surface area contributed by atoms with E-state index in [9.17, 15) is 31.2 Å². The summed E-state index contributed by atoms with van der Waals surface area (Å²) in [5, 5.41) is 10.7. The zero-order chi connectivity index (χ0) is 24.9. The van der Waals surface area contributed by atoms with Crippen molar-refractivity contribution in [2.24, 2.45) is 0 Å². The fraction of sp³-hybridized carbons (Fsp3) is 0.333. The van der Waals surface area contributed by atoms with E-state index in [1.165, 1.54) is 26.2 Å². The molecule has 1 aromatic heterocycles. The number of hydrogen-bond donors (Lipinski definition) is 3. The van der Waals surface area contributed by atoms with Gasteiger partial charge >= 0.3 is 17.8 Å². The smallest absolute Gasteiger partial charge is 0.441 e. The second-order valence-corrected chi connectivity index (χ2v) is 8.05. The molecular weight excluding hydrogens is 471 g/mol. The average Bonchev–Trinajstić information content (AvgIpc) is 2.73. The molecule has 0 unspecified atom stereocenters. The predicted molar refractivity (Wildman–Crippen MR) is 109 cm³/mol. The SMILES string of the molecule is CCOC(=O)[C@@](NC(C)=O)(Nc1ccc(S(=O)(=O)Nc2ccc(OC)nn2)cc1)C(F)(F)F. The number of rotatable bonds is 9.